The second kappa shape index (κ2) is 5.72. The van der Waals surface area contributed by atoms with E-state index in [-0.39, 0.29) is 5.88 Å². The van der Waals surface area contributed by atoms with Crippen LogP contribution in [0.3, 0.4) is 0 Å². The highest BCUT2D eigenvalue weighted by Gasteiger charge is 2.16. The van der Waals surface area contributed by atoms with E-state index in [4.69, 9.17) is 39.5 Å². The van der Waals surface area contributed by atoms with Crippen LogP contribution in [0.25, 0.3) is 16.9 Å². The molecule has 0 unspecified atom stereocenters. The third kappa shape index (κ3) is 2.55. The second-order valence-electron chi connectivity index (χ2n) is 4.31. The molecular weight excluding hydrogens is 333 g/mol. The Labute approximate surface area is 136 Å². The lowest BCUT2D eigenvalue weighted by Gasteiger charge is -2.11. The van der Waals surface area contributed by atoms with Crippen LogP contribution in [-0.2, 0) is 5.88 Å². The predicted molar refractivity (Wildman–Crippen MR) is 85.0 cm³/mol. The summed E-state index contributed by atoms with van der Waals surface area (Å²) in [5, 5.41) is 1.07. The zero-order chi connectivity index (χ0) is 15.0. The zero-order valence-electron chi connectivity index (χ0n) is 11.0. The Kier molecular flexibility index (Phi) is 3.93. The van der Waals surface area contributed by atoms with Gasteiger partial charge in [-0.15, -0.1) is 11.6 Å². The maximum atomic E-state index is 6.30. The molecule has 0 spiro atoms. The molecule has 7 heteroatoms. The van der Waals surface area contributed by atoms with Gasteiger partial charge in [-0.05, 0) is 18.2 Å². The SMILES string of the molecule is COc1ccc(Cl)c(-n2c(CCl)nc3cc(Cl)cnc32)c1. The number of pyridine rings is 1. The Bertz CT molecular complexity index is 817. The standard InChI is InChI=1S/C14H10Cl3N3O/c1-21-9-2-3-10(17)12(5-9)20-13(6-15)19-11-4-8(16)7-18-14(11)20/h2-5,7H,6H2,1H3. The average Bonchev–Trinajstić information content (AvgIpc) is 2.85. The lowest BCUT2D eigenvalue weighted by Crippen LogP contribution is -2.01. The predicted octanol–water partition coefficient (Wildman–Crippen LogP) is 4.47. The fourth-order valence-electron chi connectivity index (χ4n) is 2.12. The maximum absolute atomic E-state index is 6.30. The van der Waals surface area contributed by atoms with E-state index in [2.05, 4.69) is 9.97 Å². The van der Waals surface area contributed by atoms with Gasteiger partial charge in [0.25, 0.3) is 0 Å². The molecule has 0 aliphatic heterocycles. The van der Waals surface area contributed by atoms with Crippen molar-refractivity contribution < 1.29 is 4.74 Å². The number of benzene rings is 1. The highest BCUT2D eigenvalue weighted by Crippen LogP contribution is 2.30. The van der Waals surface area contributed by atoms with E-state index in [1.807, 2.05) is 10.6 Å². The van der Waals surface area contributed by atoms with Crippen LogP contribution in [0.1, 0.15) is 5.82 Å². The maximum Gasteiger partial charge on any atom is 0.164 e. The number of fused-ring (bicyclic) bond motifs is 1. The Balaban J connectivity index is 2.33. The molecule has 21 heavy (non-hydrogen) atoms. The second-order valence-corrected chi connectivity index (χ2v) is 5.42. The van der Waals surface area contributed by atoms with Gasteiger partial charge in [0, 0.05) is 12.3 Å². The summed E-state index contributed by atoms with van der Waals surface area (Å²) in [6.45, 7) is 0. The minimum absolute atomic E-state index is 0.224. The van der Waals surface area contributed by atoms with Crippen molar-refractivity contribution in [2.75, 3.05) is 7.11 Å². The number of methoxy groups -OCH3 is 1. The van der Waals surface area contributed by atoms with E-state index in [0.717, 1.165) is 0 Å². The number of hydrogen-bond acceptors (Lipinski definition) is 3. The highest BCUT2D eigenvalue weighted by atomic mass is 35.5. The van der Waals surface area contributed by atoms with Gasteiger partial charge in [0.05, 0.1) is 28.7 Å². The Morgan fingerprint density at radius 2 is 2.05 bits per heavy atom. The molecule has 2 aromatic heterocycles. The van der Waals surface area contributed by atoms with E-state index < -0.39 is 0 Å². The van der Waals surface area contributed by atoms with Crippen LogP contribution in [0.2, 0.25) is 10.0 Å². The summed E-state index contributed by atoms with van der Waals surface area (Å²) >= 11 is 18.3. The van der Waals surface area contributed by atoms with Gasteiger partial charge >= 0.3 is 0 Å². The summed E-state index contributed by atoms with van der Waals surface area (Å²) in [5.41, 5.74) is 2.02. The first-order valence-electron chi connectivity index (χ1n) is 6.07. The number of halogens is 3. The van der Waals surface area contributed by atoms with Crippen molar-refractivity contribution in [3.63, 3.8) is 0 Å². The van der Waals surface area contributed by atoms with Crippen molar-refractivity contribution in [1.29, 1.82) is 0 Å². The molecule has 0 radical (unpaired) electrons. The molecule has 0 aliphatic carbocycles. The van der Waals surface area contributed by atoms with Gasteiger partial charge in [0.15, 0.2) is 5.65 Å². The van der Waals surface area contributed by atoms with Crippen LogP contribution in [0.5, 0.6) is 5.75 Å². The summed E-state index contributed by atoms with van der Waals surface area (Å²) in [6.07, 6.45) is 1.56. The third-order valence-corrected chi connectivity index (χ3v) is 3.81. The number of rotatable bonds is 3. The smallest absolute Gasteiger partial charge is 0.164 e. The fraction of sp³-hybridized carbons (Fsp3) is 0.143. The first kappa shape index (κ1) is 14.4. The highest BCUT2D eigenvalue weighted by molar-refractivity contribution is 6.32. The number of nitrogens with zero attached hydrogens (tertiary/aromatic N) is 3. The Morgan fingerprint density at radius 3 is 2.76 bits per heavy atom. The molecule has 0 saturated carbocycles. The number of ether oxygens (including phenoxy) is 1. The largest absolute Gasteiger partial charge is 0.497 e. The normalized spacial score (nSPS) is 11.0. The molecule has 0 N–H and O–H groups in total. The van der Waals surface area contributed by atoms with Gasteiger partial charge in [-0.1, -0.05) is 23.2 Å². The van der Waals surface area contributed by atoms with Gasteiger partial charge in [-0.3, -0.25) is 4.57 Å². The molecule has 0 saturated heterocycles. The van der Waals surface area contributed by atoms with Crippen molar-refractivity contribution in [3.05, 3.63) is 46.3 Å². The van der Waals surface area contributed by atoms with Gasteiger partial charge in [-0.2, -0.15) is 0 Å². The fourth-order valence-corrected chi connectivity index (χ4v) is 2.65. The van der Waals surface area contributed by atoms with Gasteiger partial charge in [-0.25, -0.2) is 9.97 Å². The molecule has 2 heterocycles. The Morgan fingerprint density at radius 1 is 1.24 bits per heavy atom. The summed E-state index contributed by atoms with van der Waals surface area (Å²) in [6, 6.07) is 7.10. The van der Waals surface area contributed by atoms with Crippen molar-refractivity contribution in [2.24, 2.45) is 0 Å². The lowest BCUT2D eigenvalue weighted by atomic mass is 10.3. The molecule has 0 aliphatic rings. The molecule has 3 rings (SSSR count). The topological polar surface area (TPSA) is 39.9 Å². The third-order valence-electron chi connectivity index (χ3n) is 3.05. The van der Waals surface area contributed by atoms with Gasteiger partial charge in [0.1, 0.15) is 17.1 Å². The van der Waals surface area contributed by atoms with Crippen LogP contribution in [0.15, 0.2) is 30.5 Å². The van der Waals surface area contributed by atoms with Crippen LogP contribution < -0.4 is 4.74 Å². The van der Waals surface area contributed by atoms with E-state index in [0.29, 0.717) is 38.5 Å². The summed E-state index contributed by atoms with van der Waals surface area (Å²) in [5.74, 6) is 1.55. The van der Waals surface area contributed by atoms with Crippen LogP contribution >= 0.6 is 34.8 Å². The van der Waals surface area contributed by atoms with E-state index in [9.17, 15) is 0 Å². The van der Waals surface area contributed by atoms with E-state index in [1.165, 1.54) is 0 Å². The lowest BCUT2D eigenvalue weighted by molar-refractivity contribution is 0.414. The summed E-state index contributed by atoms with van der Waals surface area (Å²) < 4.78 is 7.05. The van der Waals surface area contributed by atoms with Gasteiger partial charge in [0.2, 0.25) is 0 Å². The van der Waals surface area contributed by atoms with Crippen molar-refractivity contribution in [3.8, 4) is 11.4 Å². The minimum Gasteiger partial charge on any atom is -0.497 e. The molecular formula is C14H10Cl3N3O. The van der Waals surface area contributed by atoms with Crippen LogP contribution in [0, 0.1) is 0 Å². The van der Waals surface area contributed by atoms with E-state index in [1.54, 1.807) is 31.5 Å². The first-order chi connectivity index (χ1) is 10.1. The number of aromatic nitrogens is 3. The van der Waals surface area contributed by atoms with Gasteiger partial charge < -0.3 is 4.74 Å². The molecule has 0 bridgehead atoms. The van der Waals surface area contributed by atoms with Crippen LogP contribution in [0.4, 0.5) is 0 Å². The molecule has 4 nitrogen and oxygen atoms in total. The number of alkyl halides is 1. The minimum atomic E-state index is 0.224. The van der Waals surface area contributed by atoms with Crippen molar-refractivity contribution in [2.45, 2.75) is 5.88 Å². The molecule has 0 atom stereocenters. The zero-order valence-corrected chi connectivity index (χ0v) is 13.2. The first-order valence-corrected chi connectivity index (χ1v) is 7.36. The number of hydrogen-bond donors (Lipinski definition) is 0. The number of imidazole rings is 1. The molecule has 0 fully saturated rings. The Hall–Kier alpha value is -1.49. The van der Waals surface area contributed by atoms with E-state index >= 15 is 0 Å². The molecule has 1 aromatic carbocycles. The summed E-state index contributed by atoms with van der Waals surface area (Å²) in [4.78, 5) is 8.78. The van der Waals surface area contributed by atoms with Crippen molar-refractivity contribution >= 4 is 46.0 Å². The van der Waals surface area contributed by atoms with Crippen molar-refractivity contribution in [1.82, 2.24) is 14.5 Å². The van der Waals surface area contributed by atoms with Crippen LogP contribution in [-0.4, -0.2) is 21.6 Å². The molecule has 0 amide bonds. The molecule has 108 valence electrons. The quantitative estimate of drug-likeness (QED) is 0.659. The monoisotopic (exact) mass is 341 g/mol. The summed E-state index contributed by atoms with van der Waals surface area (Å²) in [7, 11) is 1.60. The average molecular weight is 343 g/mol. The molecule has 3 aromatic rings.